The van der Waals surface area contributed by atoms with Crippen LogP contribution in [0.15, 0.2) is 65.4 Å². The van der Waals surface area contributed by atoms with Gasteiger partial charge in [-0.25, -0.2) is 4.68 Å². The molecular weight excluding hydrogens is 408 g/mol. The number of benzene rings is 2. The third-order valence-electron chi connectivity index (χ3n) is 4.28. The predicted octanol–water partition coefficient (Wildman–Crippen LogP) is 4.24. The van der Waals surface area contributed by atoms with Gasteiger partial charge >= 0.3 is 0 Å². The van der Waals surface area contributed by atoms with Crippen LogP contribution in [-0.4, -0.2) is 21.6 Å². The van der Waals surface area contributed by atoms with Crippen LogP contribution in [0.5, 0.6) is 0 Å². The molecule has 0 atom stereocenters. The third-order valence-corrected chi connectivity index (χ3v) is 4.69. The van der Waals surface area contributed by atoms with Crippen LogP contribution in [0.25, 0.3) is 5.69 Å². The molecule has 27 heavy (non-hydrogen) atoms. The first-order chi connectivity index (χ1) is 13.1. The van der Waals surface area contributed by atoms with Gasteiger partial charge in [0, 0.05) is 29.1 Å². The van der Waals surface area contributed by atoms with E-state index in [0.717, 1.165) is 23.0 Å². The lowest BCUT2D eigenvalue weighted by Gasteiger charge is -2.09. The number of aromatic nitrogens is 2. The second-order valence-electron chi connectivity index (χ2n) is 6.45. The Bertz CT molecular complexity index is 993. The minimum atomic E-state index is -0.214. The first-order valence-electron chi connectivity index (χ1n) is 8.61. The number of hydrogen-bond donors (Lipinski definition) is 2. The van der Waals surface area contributed by atoms with Crippen LogP contribution in [0, 0.1) is 5.92 Å². The summed E-state index contributed by atoms with van der Waals surface area (Å²) in [6.07, 6.45) is 5.45. The second-order valence-corrected chi connectivity index (χ2v) is 7.36. The molecule has 2 aromatic carbocycles. The number of rotatable bonds is 5. The average Bonchev–Trinajstić information content (AvgIpc) is 3.43. The minimum Gasteiger partial charge on any atom is -0.326 e. The molecule has 0 radical (unpaired) electrons. The molecule has 2 amide bonds. The molecule has 7 heteroatoms. The van der Waals surface area contributed by atoms with Gasteiger partial charge in [-0.15, -0.1) is 0 Å². The summed E-state index contributed by atoms with van der Waals surface area (Å²) >= 11 is 3.36. The largest absolute Gasteiger partial charge is 0.326 e. The maximum Gasteiger partial charge on any atom is 0.255 e. The monoisotopic (exact) mass is 424 g/mol. The number of amides is 2. The Morgan fingerprint density at radius 2 is 1.74 bits per heavy atom. The van der Waals surface area contributed by atoms with Crippen LogP contribution in [0.3, 0.4) is 0 Å². The van der Waals surface area contributed by atoms with E-state index < -0.39 is 0 Å². The van der Waals surface area contributed by atoms with Gasteiger partial charge in [-0.05, 0) is 71.2 Å². The number of carbonyl (C=O) groups excluding carboxylic acids is 2. The van der Waals surface area contributed by atoms with Gasteiger partial charge in [0.2, 0.25) is 5.91 Å². The molecule has 0 spiro atoms. The van der Waals surface area contributed by atoms with E-state index in [1.807, 2.05) is 24.4 Å². The van der Waals surface area contributed by atoms with Gasteiger partial charge in [-0.2, -0.15) is 5.10 Å². The van der Waals surface area contributed by atoms with Gasteiger partial charge in [0.05, 0.1) is 16.4 Å². The lowest BCUT2D eigenvalue weighted by Crippen LogP contribution is -2.14. The highest BCUT2D eigenvalue weighted by atomic mass is 79.9. The first kappa shape index (κ1) is 17.5. The maximum atomic E-state index is 12.5. The molecule has 0 aliphatic heterocycles. The van der Waals surface area contributed by atoms with Gasteiger partial charge in [0.25, 0.3) is 5.91 Å². The van der Waals surface area contributed by atoms with Crippen molar-refractivity contribution in [3.63, 3.8) is 0 Å². The van der Waals surface area contributed by atoms with E-state index in [0.29, 0.717) is 16.9 Å². The molecule has 3 aromatic rings. The fourth-order valence-electron chi connectivity index (χ4n) is 2.68. The number of anilines is 2. The van der Waals surface area contributed by atoms with Crippen molar-refractivity contribution in [2.24, 2.45) is 5.92 Å². The molecule has 1 heterocycles. The van der Waals surface area contributed by atoms with Crippen LogP contribution >= 0.6 is 15.9 Å². The van der Waals surface area contributed by atoms with Gasteiger partial charge in [-0.1, -0.05) is 6.07 Å². The maximum absolute atomic E-state index is 12.5. The molecule has 4 rings (SSSR count). The van der Waals surface area contributed by atoms with E-state index in [-0.39, 0.29) is 17.7 Å². The van der Waals surface area contributed by atoms with Gasteiger partial charge in [0.1, 0.15) is 0 Å². The zero-order chi connectivity index (χ0) is 18.8. The zero-order valence-electron chi connectivity index (χ0n) is 14.4. The Kier molecular flexibility index (Phi) is 4.77. The molecule has 0 unspecified atom stereocenters. The second kappa shape index (κ2) is 7.36. The van der Waals surface area contributed by atoms with E-state index in [4.69, 9.17) is 0 Å². The van der Waals surface area contributed by atoms with Crippen molar-refractivity contribution in [2.45, 2.75) is 12.8 Å². The summed E-state index contributed by atoms with van der Waals surface area (Å²) in [4.78, 5) is 24.4. The van der Waals surface area contributed by atoms with Crippen molar-refractivity contribution in [3.8, 4) is 5.69 Å². The molecule has 2 N–H and O–H groups in total. The van der Waals surface area contributed by atoms with E-state index in [1.165, 1.54) is 0 Å². The summed E-state index contributed by atoms with van der Waals surface area (Å²) in [6.45, 7) is 0. The average molecular weight is 425 g/mol. The van der Waals surface area contributed by atoms with Crippen molar-refractivity contribution >= 4 is 39.1 Å². The summed E-state index contributed by atoms with van der Waals surface area (Å²) < 4.78 is 2.61. The van der Waals surface area contributed by atoms with Crippen molar-refractivity contribution in [2.75, 3.05) is 10.6 Å². The Morgan fingerprint density at radius 1 is 1.04 bits per heavy atom. The highest BCUT2D eigenvalue weighted by molar-refractivity contribution is 9.10. The summed E-state index contributed by atoms with van der Waals surface area (Å²) in [5.74, 6) is -0.0367. The van der Waals surface area contributed by atoms with Gasteiger partial charge in [-0.3, -0.25) is 9.59 Å². The molecule has 1 aliphatic carbocycles. The Labute approximate surface area is 164 Å². The third kappa shape index (κ3) is 4.25. The van der Waals surface area contributed by atoms with Crippen LogP contribution in [0.1, 0.15) is 23.2 Å². The van der Waals surface area contributed by atoms with Crippen LogP contribution in [0.2, 0.25) is 0 Å². The molecule has 0 bridgehead atoms. The van der Waals surface area contributed by atoms with E-state index in [1.54, 1.807) is 41.2 Å². The van der Waals surface area contributed by atoms with E-state index in [2.05, 4.69) is 31.7 Å². The summed E-state index contributed by atoms with van der Waals surface area (Å²) in [6, 6.07) is 14.3. The van der Waals surface area contributed by atoms with E-state index >= 15 is 0 Å². The van der Waals surface area contributed by atoms with Crippen molar-refractivity contribution < 1.29 is 9.59 Å². The smallest absolute Gasteiger partial charge is 0.255 e. The molecule has 136 valence electrons. The van der Waals surface area contributed by atoms with Gasteiger partial charge < -0.3 is 10.6 Å². The first-order valence-corrected chi connectivity index (χ1v) is 9.41. The quantitative estimate of drug-likeness (QED) is 0.642. The fourth-order valence-corrected chi connectivity index (χ4v) is 2.96. The summed E-state index contributed by atoms with van der Waals surface area (Å²) in [7, 11) is 0. The topological polar surface area (TPSA) is 76.0 Å². The van der Waals surface area contributed by atoms with Crippen molar-refractivity contribution in [1.82, 2.24) is 9.78 Å². The van der Waals surface area contributed by atoms with Gasteiger partial charge in [0.15, 0.2) is 0 Å². The SMILES string of the molecule is O=C(Nc1cccc(NC(=O)C2CC2)c1)c1ccc(-n2cc(Br)cn2)cc1. The molecule has 6 nitrogen and oxygen atoms in total. The Balaban J connectivity index is 1.43. The lowest BCUT2D eigenvalue weighted by atomic mass is 10.2. The number of nitrogens with one attached hydrogen (secondary N) is 2. The van der Waals surface area contributed by atoms with Crippen LogP contribution < -0.4 is 10.6 Å². The molecular formula is C20H17BrN4O2. The molecule has 1 saturated carbocycles. The standard InChI is InChI=1S/C20H17BrN4O2/c21-15-11-22-25(12-15)18-8-6-14(7-9-18)20(27)24-17-3-1-2-16(10-17)23-19(26)13-4-5-13/h1-3,6-13H,4-5H2,(H,23,26)(H,24,27). The zero-order valence-corrected chi connectivity index (χ0v) is 15.9. The summed E-state index contributed by atoms with van der Waals surface area (Å²) in [5, 5.41) is 9.95. The Hall–Kier alpha value is -2.93. The molecule has 1 fully saturated rings. The highest BCUT2D eigenvalue weighted by Gasteiger charge is 2.29. The normalized spacial score (nSPS) is 13.2. The summed E-state index contributed by atoms with van der Waals surface area (Å²) in [5.41, 5.74) is 2.72. The fraction of sp³-hybridized carbons (Fsp3) is 0.150. The van der Waals surface area contributed by atoms with E-state index in [9.17, 15) is 9.59 Å². The van der Waals surface area contributed by atoms with Crippen LogP contribution in [0.4, 0.5) is 11.4 Å². The Morgan fingerprint density at radius 3 is 2.37 bits per heavy atom. The number of halogens is 1. The molecule has 1 aromatic heterocycles. The lowest BCUT2D eigenvalue weighted by molar-refractivity contribution is -0.117. The highest BCUT2D eigenvalue weighted by Crippen LogP contribution is 2.30. The number of hydrogen-bond acceptors (Lipinski definition) is 3. The van der Waals surface area contributed by atoms with Crippen molar-refractivity contribution in [1.29, 1.82) is 0 Å². The number of nitrogens with zero attached hydrogens (tertiary/aromatic N) is 2. The minimum absolute atomic E-state index is 0.0410. The van der Waals surface area contributed by atoms with Crippen LogP contribution in [-0.2, 0) is 4.79 Å². The predicted molar refractivity (Wildman–Crippen MR) is 107 cm³/mol. The molecule has 0 saturated heterocycles. The molecule has 1 aliphatic rings. The number of carbonyl (C=O) groups is 2. The van der Waals surface area contributed by atoms with Crippen molar-refractivity contribution in [3.05, 3.63) is 71.0 Å².